The summed E-state index contributed by atoms with van der Waals surface area (Å²) in [4.78, 5) is 18.5. The Morgan fingerprint density at radius 3 is 2.53 bits per heavy atom. The number of nitrogen functional groups attached to an aromatic ring is 1. The molecule has 0 aliphatic carbocycles. The third-order valence-electron chi connectivity index (χ3n) is 1.46. The van der Waals surface area contributed by atoms with Crippen molar-refractivity contribution in [1.29, 1.82) is 0 Å². The molecule has 5 nitrogen and oxygen atoms in total. The Bertz CT molecular complexity index is 482. The largest absolute Gasteiger partial charge is 0.476 e. The van der Waals surface area contributed by atoms with Gasteiger partial charge in [0.25, 0.3) is 0 Å². The third kappa shape index (κ3) is 2.44. The van der Waals surface area contributed by atoms with Crippen molar-refractivity contribution < 1.29 is 9.90 Å². The van der Waals surface area contributed by atoms with Crippen molar-refractivity contribution in [2.75, 3.05) is 5.73 Å². The van der Waals surface area contributed by atoms with Crippen LogP contribution in [0.3, 0.4) is 0 Å². The number of carboxylic acids is 1. The topological polar surface area (TPSA) is 89.1 Å². The van der Waals surface area contributed by atoms with E-state index in [1.54, 1.807) is 5.38 Å². The van der Waals surface area contributed by atoms with Gasteiger partial charge in [0.2, 0.25) is 0 Å². The highest BCUT2D eigenvalue weighted by Crippen LogP contribution is 2.25. The van der Waals surface area contributed by atoms with Crippen molar-refractivity contribution >= 4 is 46.2 Å². The number of hydrogen-bond donors (Lipinski definition) is 2. The van der Waals surface area contributed by atoms with E-state index in [1.807, 2.05) is 0 Å². The number of nitrogens with two attached hydrogens (primary N) is 1. The van der Waals surface area contributed by atoms with Crippen LogP contribution in [0.4, 0.5) is 5.13 Å². The first-order chi connectivity index (χ1) is 6.66. The standard InChI is InChI=1S/C7H5N3O2S2.ClH/c8-7-10-3(1-14-7)5-9-4(2-13-5)6(11)12;/h1-2H,(H2,8,10)(H,11,12);1H. The van der Waals surface area contributed by atoms with E-state index in [1.165, 1.54) is 28.1 Å². The Morgan fingerprint density at radius 1 is 1.33 bits per heavy atom. The van der Waals surface area contributed by atoms with Crippen LogP contribution in [0.2, 0.25) is 0 Å². The average Bonchev–Trinajstić information content (AvgIpc) is 2.70. The number of nitrogens with zero attached hydrogens (tertiary/aromatic N) is 2. The SMILES string of the molecule is Cl.Nc1nc(-c2nc(C(=O)O)cs2)cs1. The smallest absolute Gasteiger partial charge is 0.355 e. The highest BCUT2D eigenvalue weighted by molar-refractivity contribution is 7.15. The number of carboxylic acid groups (broad SMARTS) is 1. The van der Waals surface area contributed by atoms with E-state index in [0.29, 0.717) is 15.8 Å². The highest BCUT2D eigenvalue weighted by Gasteiger charge is 2.11. The van der Waals surface area contributed by atoms with Gasteiger partial charge in [-0.3, -0.25) is 0 Å². The Balaban J connectivity index is 0.00000112. The first-order valence-corrected chi connectivity index (χ1v) is 5.33. The van der Waals surface area contributed by atoms with Crippen molar-refractivity contribution in [2.24, 2.45) is 0 Å². The maximum atomic E-state index is 10.6. The van der Waals surface area contributed by atoms with E-state index in [4.69, 9.17) is 10.8 Å². The molecule has 0 aliphatic heterocycles. The maximum absolute atomic E-state index is 10.6. The van der Waals surface area contributed by atoms with Gasteiger partial charge in [0, 0.05) is 10.8 Å². The zero-order valence-electron chi connectivity index (χ0n) is 7.21. The molecular weight excluding hydrogens is 258 g/mol. The number of hydrogen-bond acceptors (Lipinski definition) is 6. The zero-order chi connectivity index (χ0) is 10.1. The minimum atomic E-state index is -1.03. The van der Waals surface area contributed by atoms with E-state index in [2.05, 4.69) is 9.97 Å². The minimum absolute atomic E-state index is 0. The molecule has 0 radical (unpaired) electrons. The summed E-state index contributed by atoms with van der Waals surface area (Å²) < 4.78 is 0. The van der Waals surface area contributed by atoms with Gasteiger partial charge in [-0.05, 0) is 0 Å². The van der Waals surface area contributed by atoms with Crippen molar-refractivity contribution in [1.82, 2.24) is 9.97 Å². The summed E-state index contributed by atoms with van der Waals surface area (Å²) in [6.45, 7) is 0. The third-order valence-corrected chi connectivity index (χ3v) is 3.00. The summed E-state index contributed by atoms with van der Waals surface area (Å²) >= 11 is 2.54. The van der Waals surface area contributed by atoms with Crippen LogP contribution in [-0.2, 0) is 0 Å². The van der Waals surface area contributed by atoms with E-state index >= 15 is 0 Å². The molecule has 0 saturated heterocycles. The quantitative estimate of drug-likeness (QED) is 0.865. The summed E-state index contributed by atoms with van der Waals surface area (Å²) in [5, 5.41) is 12.9. The van der Waals surface area contributed by atoms with Crippen LogP contribution in [0.25, 0.3) is 10.7 Å². The Labute approximate surface area is 99.0 Å². The van der Waals surface area contributed by atoms with Crippen LogP contribution < -0.4 is 5.73 Å². The number of thiazole rings is 2. The van der Waals surface area contributed by atoms with Crippen LogP contribution in [0, 0.1) is 0 Å². The number of aromatic carboxylic acids is 1. The summed E-state index contributed by atoms with van der Waals surface area (Å²) in [5.74, 6) is -1.03. The first-order valence-electron chi connectivity index (χ1n) is 3.57. The maximum Gasteiger partial charge on any atom is 0.355 e. The second-order valence-corrected chi connectivity index (χ2v) is 4.16. The summed E-state index contributed by atoms with van der Waals surface area (Å²) in [7, 11) is 0. The fraction of sp³-hybridized carbons (Fsp3) is 0. The van der Waals surface area contributed by atoms with Crippen LogP contribution in [0.15, 0.2) is 10.8 Å². The first kappa shape index (κ1) is 11.9. The number of carbonyl (C=O) groups is 1. The lowest BCUT2D eigenvalue weighted by atomic mass is 10.5. The molecule has 15 heavy (non-hydrogen) atoms. The van der Waals surface area contributed by atoms with Gasteiger partial charge in [-0.25, -0.2) is 14.8 Å². The van der Waals surface area contributed by atoms with Gasteiger partial charge < -0.3 is 10.8 Å². The molecule has 0 aliphatic rings. The number of anilines is 1. The molecule has 0 amide bonds. The van der Waals surface area contributed by atoms with Gasteiger partial charge in [0.05, 0.1) is 0 Å². The summed E-state index contributed by atoms with van der Waals surface area (Å²) in [5.41, 5.74) is 6.12. The van der Waals surface area contributed by atoms with Crippen molar-refractivity contribution in [3.63, 3.8) is 0 Å². The number of halogens is 1. The summed E-state index contributed by atoms with van der Waals surface area (Å²) in [6, 6.07) is 0. The number of aromatic nitrogens is 2. The Hall–Kier alpha value is -1.18. The monoisotopic (exact) mass is 263 g/mol. The van der Waals surface area contributed by atoms with Crippen molar-refractivity contribution in [2.45, 2.75) is 0 Å². The Morgan fingerprint density at radius 2 is 2.07 bits per heavy atom. The zero-order valence-corrected chi connectivity index (χ0v) is 9.66. The predicted octanol–water partition coefficient (Wildman–Crippen LogP) is 1.97. The molecule has 2 aromatic heterocycles. The molecule has 80 valence electrons. The fourth-order valence-corrected chi connectivity index (χ4v) is 2.25. The lowest BCUT2D eigenvalue weighted by Crippen LogP contribution is -1.95. The Kier molecular flexibility index (Phi) is 3.61. The van der Waals surface area contributed by atoms with E-state index in [9.17, 15) is 4.79 Å². The van der Waals surface area contributed by atoms with Crippen LogP contribution in [-0.4, -0.2) is 21.0 Å². The highest BCUT2D eigenvalue weighted by atomic mass is 35.5. The van der Waals surface area contributed by atoms with Crippen LogP contribution in [0.1, 0.15) is 10.5 Å². The van der Waals surface area contributed by atoms with Gasteiger partial charge in [0.1, 0.15) is 10.7 Å². The van der Waals surface area contributed by atoms with Crippen molar-refractivity contribution in [3.05, 3.63) is 16.5 Å². The fourth-order valence-electron chi connectivity index (χ4n) is 0.875. The molecule has 0 bridgehead atoms. The normalized spacial score (nSPS) is 9.60. The van der Waals surface area contributed by atoms with Gasteiger partial charge in [-0.1, -0.05) is 0 Å². The second kappa shape index (κ2) is 4.56. The molecule has 0 spiro atoms. The molecule has 0 fully saturated rings. The number of rotatable bonds is 2. The van der Waals surface area contributed by atoms with Gasteiger partial charge in [-0.2, -0.15) is 0 Å². The molecule has 3 N–H and O–H groups in total. The van der Waals surface area contributed by atoms with E-state index in [0.717, 1.165) is 0 Å². The molecular formula is C7H6ClN3O2S2. The minimum Gasteiger partial charge on any atom is -0.476 e. The average molecular weight is 264 g/mol. The van der Waals surface area contributed by atoms with Crippen molar-refractivity contribution in [3.8, 4) is 10.7 Å². The molecule has 0 atom stereocenters. The molecule has 0 saturated carbocycles. The van der Waals surface area contributed by atoms with Gasteiger partial charge in [-0.15, -0.1) is 35.1 Å². The molecule has 2 rings (SSSR count). The molecule has 2 aromatic rings. The van der Waals surface area contributed by atoms with E-state index in [-0.39, 0.29) is 18.1 Å². The van der Waals surface area contributed by atoms with Gasteiger partial charge in [0.15, 0.2) is 10.8 Å². The van der Waals surface area contributed by atoms with E-state index < -0.39 is 5.97 Å². The predicted molar refractivity (Wildman–Crippen MR) is 61.8 cm³/mol. The van der Waals surface area contributed by atoms with Crippen LogP contribution >= 0.6 is 35.1 Å². The molecule has 2 heterocycles. The molecule has 8 heteroatoms. The molecule has 0 aromatic carbocycles. The summed E-state index contributed by atoms with van der Waals surface area (Å²) in [6.07, 6.45) is 0. The van der Waals surface area contributed by atoms with Crippen LogP contribution in [0.5, 0.6) is 0 Å². The molecule has 0 unspecified atom stereocenters. The second-order valence-electron chi connectivity index (χ2n) is 2.41. The lowest BCUT2D eigenvalue weighted by molar-refractivity contribution is 0.0691. The lowest BCUT2D eigenvalue weighted by Gasteiger charge is -1.85. The van der Waals surface area contributed by atoms with Gasteiger partial charge >= 0.3 is 5.97 Å².